The number of nitrogens with zero attached hydrogens (tertiary/aromatic N) is 1. The second kappa shape index (κ2) is 7.41. The highest BCUT2D eigenvalue weighted by atomic mass is 16.4. The van der Waals surface area contributed by atoms with E-state index in [-0.39, 0.29) is 6.42 Å². The van der Waals surface area contributed by atoms with Crippen molar-refractivity contribution in [3.05, 3.63) is 60.2 Å². The predicted molar refractivity (Wildman–Crippen MR) is 86.2 cm³/mol. The van der Waals surface area contributed by atoms with E-state index in [9.17, 15) is 4.79 Å². The highest BCUT2D eigenvalue weighted by Gasteiger charge is 2.15. The molecule has 0 aliphatic heterocycles. The normalized spacial score (nSPS) is 12.9. The summed E-state index contributed by atoms with van der Waals surface area (Å²) in [7, 11) is 0. The van der Waals surface area contributed by atoms with Gasteiger partial charge in [0.15, 0.2) is 0 Å². The van der Waals surface area contributed by atoms with Gasteiger partial charge in [0, 0.05) is 12.8 Å². The number of carboxylic acid groups (broad SMARTS) is 1. The predicted octanol–water partition coefficient (Wildman–Crippen LogP) is 3.84. The minimum atomic E-state index is -0.888. The van der Waals surface area contributed by atoms with Gasteiger partial charge in [-0.25, -0.2) is 0 Å². The molecule has 0 bridgehead atoms. The van der Waals surface area contributed by atoms with Crippen molar-refractivity contribution in [3.8, 4) is 11.1 Å². The Balaban J connectivity index is 2.06. The molecular weight excluding hydrogens is 278 g/mol. The monoisotopic (exact) mass is 297 g/mol. The van der Waals surface area contributed by atoms with Crippen molar-refractivity contribution in [3.63, 3.8) is 0 Å². The Morgan fingerprint density at radius 3 is 2.18 bits per heavy atom. The van der Waals surface area contributed by atoms with Crippen LogP contribution in [0.4, 0.5) is 0 Å². The molecule has 2 rings (SSSR count). The Labute approximate surface area is 129 Å². The minimum Gasteiger partial charge on any atom is -0.481 e. The lowest BCUT2D eigenvalue weighted by Crippen LogP contribution is -2.16. The summed E-state index contributed by atoms with van der Waals surface area (Å²) in [6.45, 7) is 1.60. The zero-order valence-corrected chi connectivity index (χ0v) is 12.4. The van der Waals surface area contributed by atoms with Crippen molar-refractivity contribution in [2.75, 3.05) is 0 Å². The van der Waals surface area contributed by atoms with Gasteiger partial charge in [-0.2, -0.15) is 0 Å². The number of rotatable bonds is 6. The van der Waals surface area contributed by atoms with E-state index in [2.05, 4.69) is 5.16 Å². The Bertz CT molecular complexity index is 648. The van der Waals surface area contributed by atoms with Gasteiger partial charge < -0.3 is 10.3 Å². The third kappa shape index (κ3) is 4.19. The number of oxime groups is 1. The van der Waals surface area contributed by atoms with Crippen LogP contribution in [0, 0.1) is 5.92 Å². The highest BCUT2D eigenvalue weighted by molar-refractivity contribution is 5.89. The van der Waals surface area contributed by atoms with Crippen LogP contribution in [0.2, 0.25) is 0 Å². The van der Waals surface area contributed by atoms with Gasteiger partial charge in [0.25, 0.3) is 0 Å². The van der Waals surface area contributed by atoms with E-state index in [1.54, 1.807) is 6.92 Å². The van der Waals surface area contributed by atoms with E-state index in [0.29, 0.717) is 12.1 Å². The van der Waals surface area contributed by atoms with Crippen molar-refractivity contribution in [1.82, 2.24) is 0 Å². The van der Waals surface area contributed by atoms with Crippen molar-refractivity contribution in [2.45, 2.75) is 19.8 Å². The lowest BCUT2D eigenvalue weighted by atomic mass is 9.97. The number of carbonyl (C=O) groups is 1. The summed E-state index contributed by atoms with van der Waals surface area (Å²) < 4.78 is 0. The number of carboxylic acids is 1. The zero-order valence-electron chi connectivity index (χ0n) is 12.4. The van der Waals surface area contributed by atoms with Gasteiger partial charge in [0.05, 0.1) is 11.6 Å². The van der Waals surface area contributed by atoms with Crippen LogP contribution in [0.1, 0.15) is 18.9 Å². The molecule has 22 heavy (non-hydrogen) atoms. The molecule has 0 heterocycles. The Hall–Kier alpha value is -2.62. The summed E-state index contributed by atoms with van der Waals surface area (Å²) in [5, 5.41) is 21.2. The maximum absolute atomic E-state index is 10.9. The molecule has 0 radical (unpaired) electrons. The van der Waals surface area contributed by atoms with E-state index >= 15 is 0 Å². The van der Waals surface area contributed by atoms with E-state index < -0.39 is 11.9 Å². The summed E-state index contributed by atoms with van der Waals surface area (Å²) in [5.41, 5.74) is 3.72. The fourth-order valence-electron chi connectivity index (χ4n) is 2.27. The van der Waals surface area contributed by atoms with Gasteiger partial charge in [-0.05, 0) is 16.7 Å². The zero-order chi connectivity index (χ0) is 15.9. The van der Waals surface area contributed by atoms with Crippen LogP contribution in [0.3, 0.4) is 0 Å². The molecule has 4 heteroatoms. The van der Waals surface area contributed by atoms with Gasteiger partial charge in [0.2, 0.25) is 0 Å². The smallest absolute Gasteiger partial charge is 0.306 e. The maximum Gasteiger partial charge on any atom is 0.306 e. The lowest BCUT2D eigenvalue weighted by molar-refractivity contribution is -0.140. The van der Waals surface area contributed by atoms with Crippen LogP contribution in [-0.2, 0) is 11.2 Å². The average Bonchev–Trinajstić information content (AvgIpc) is 2.55. The van der Waals surface area contributed by atoms with Crippen LogP contribution in [0.25, 0.3) is 11.1 Å². The quantitative estimate of drug-likeness (QED) is 0.483. The second-order valence-corrected chi connectivity index (χ2v) is 5.35. The number of aliphatic carboxylic acids is 1. The fourth-order valence-corrected chi connectivity index (χ4v) is 2.27. The van der Waals surface area contributed by atoms with Crippen LogP contribution < -0.4 is 0 Å². The first-order valence-electron chi connectivity index (χ1n) is 7.17. The molecule has 1 unspecified atom stereocenters. The SMILES string of the molecule is CC(CC(Cc1ccc(-c2ccccc2)cc1)=NO)C(=O)O. The Morgan fingerprint density at radius 1 is 1.05 bits per heavy atom. The van der Waals surface area contributed by atoms with Gasteiger partial charge >= 0.3 is 5.97 Å². The van der Waals surface area contributed by atoms with Gasteiger partial charge in [-0.1, -0.05) is 66.7 Å². The molecule has 0 amide bonds. The number of benzene rings is 2. The molecule has 0 fully saturated rings. The standard InChI is InChI=1S/C18H19NO3/c1-13(18(20)21)11-17(19-22)12-14-7-9-16(10-8-14)15-5-3-2-4-6-15/h2-10,13,22H,11-12H2,1H3,(H,20,21). The van der Waals surface area contributed by atoms with E-state index in [0.717, 1.165) is 16.7 Å². The highest BCUT2D eigenvalue weighted by Crippen LogP contribution is 2.20. The maximum atomic E-state index is 10.9. The molecule has 1 atom stereocenters. The molecule has 2 aromatic rings. The van der Waals surface area contributed by atoms with Crippen LogP contribution in [0.15, 0.2) is 59.8 Å². The molecule has 2 N–H and O–H groups in total. The molecular formula is C18H19NO3. The molecule has 2 aromatic carbocycles. The van der Waals surface area contributed by atoms with Crippen LogP contribution >= 0.6 is 0 Å². The Morgan fingerprint density at radius 2 is 1.64 bits per heavy atom. The van der Waals surface area contributed by atoms with Gasteiger partial charge in [0.1, 0.15) is 0 Å². The topological polar surface area (TPSA) is 69.9 Å². The summed E-state index contributed by atoms with van der Waals surface area (Å²) in [5.74, 6) is -1.45. The number of hydrogen-bond acceptors (Lipinski definition) is 3. The van der Waals surface area contributed by atoms with Crippen molar-refractivity contribution >= 4 is 11.7 Å². The largest absolute Gasteiger partial charge is 0.481 e. The van der Waals surface area contributed by atoms with Crippen molar-refractivity contribution < 1.29 is 15.1 Å². The Kier molecular flexibility index (Phi) is 5.31. The summed E-state index contributed by atoms with van der Waals surface area (Å²) in [4.78, 5) is 10.9. The van der Waals surface area contributed by atoms with Gasteiger partial charge in [-0.15, -0.1) is 0 Å². The lowest BCUT2D eigenvalue weighted by Gasteiger charge is -2.09. The van der Waals surface area contributed by atoms with E-state index in [1.165, 1.54) is 0 Å². The minimum absolute atomic E-state index is 0.242. The van der Waals surface area contributed by atoms with Crippen molar-refractivity contribution in [1.29, 1.82) is 0 Å². The first-order chi connectivity index (χ1) is 10.6. The van der Waals surface area contributed by atoms with Crippen LogP contribution in [0.5, 0.6) is 0 Å². The van der Waals surface area contributed by atoms with E-state index in [1.807, 2.05) is 54.6 Å². The molecule has 0 aliphatic rings. The summed E-state index contributed by atoms with van der Waals surface area (Å²) >= 11 is 0. The first-order valence-corrected chi connectivity index (χ1v) is 7.17. The second-order valence-electron chi connectivity index (χ2n) is 5.35. The van der Waals surface area contributed by atoms with Crippen LogP contribution in [-0.4, -0.2) is 22.0 Å². The molecule has 0 saturated carbocycles. The average molecular weight is 297 g/mol. The first kappa shape index (κ1) is 15.8. The summed E-state index contributed by atoms with van der Waals surface area (Å²) in [6.07, 6.45) is 0.690. The number of hydrogen-bond donors (Lipinski definition) is 2. The molecule has 114 valence electrons. The van der Waals surface area contributed by atoms with Crippen molar-refractivity contribution in [2.24, 2.45) is 11.1 Å². The summed E-state index contributed by atoms with van der Waals surface area (Å²) in [6, 6.07) is 18.0. The molecule has 0 spiro atoms. The molecule has 0 aromatic heterocycles. The fraction of sp³-hybridized carbons (Fsp3) is 0.222. The van der Waals surface area contributed by atoms with Gasteiger partial charge in [-0.3, -0.25) is 4.79 Å². The molecule has 4 nitrogen and oxygen atoms in total. The third-order valence-corrected chi connectivity index (χ3v) is 3.57. The van der Waals surface area contributed by atoms with E-state index in [4.69, 9.17) is 10.3 Å². The molecule has 0 aliphatic carbocycles. The molecule has 0 saturated heterocycles. The third-order valence-electron chi connectivity index (χ3n) is 3.57.